The van der Waals surface area contributed by atoms with Crippen LogP contribution in [0.25, 0.3) is 80.9 Å². The van der Waals surface area contributed by atoms with Crippen molar-refractivity contribution in [1.82, 2.24) is 14.0 Å². The Labute approximate surface area is 237 Å². The molecular weight excluding hydrogens is 520 g/mol. The van der Waals surface area contributed by atoms with Crippen molar-refractivity contribution in [2.45, 2.75) is 0 Å². The average molecular weight is 542 g/mol. The van der Waals surface area contributed by atoms with Crippen molar-refractivity contribution in [3.8, 4) is 5.69 Å². The van der Waals surface area contributed by atoms with Crippen molar-refractivity contribution in [3.05, 3.63) is 128 Å². The quantitative estimate of drug-likeness (QED) is 0.151. The first kappa shape index (κ1) is 21.5. The van der Waals surface area contributed by atoms with Crippen molar-refractivity contribution in [2.24, 2.45) is 0 Å². The van der Waals surface area contributed by atoms with E-state index in [-0.39, 0.29) is 0 Å². The lowest BCUT2D eigenvalue weighted by Crippen LogP contribution is -2.25. The van der Waals surface area contributed by atoms with Crippen LogP contribution in [0.5, 0.6) is 0 Å². The summed E-state index contributed by atoms with van der Waals surface area (Å²) < 4.78 is 9.67. The first-order chi connectivity index (χ1) is 20.3. The van der Waals surface area contributed by atoms with Gasteiger partial charge < -0.3 is 4.57 Å². The largest absolute Gasteiger partial charge is 0.309 e. The Morgan fingerprint density at radius 1 is 0.561 bits per heavy atom. The minimum atomic E-state index is 0.978. The van der Waals surface area contributed by atoms with Gasteiger partial charge in [0, 0.05) is 42.7 Å². The first-order valence-corrected chi connectivity index (χ1v) is 14.6. The Morgan fingerprint density at radius 2 is 1.32 bits per heavy atom. The Bertz CT molecular complexity index is 2690. The zero-order chi connectivity index (χ0) is 26.7. The molecule has 0 unspecified atom stereocenters. The van der Waals surface area contributed by atoms with Gasteiger partial charge in [-0.25, -0.2) is 4.98 Å². The molecule has 0 aliphatic carbocycles. The minimum Gasteiger partial charge on any atom is -0.309 e. The fraction of sp³-hybridized carbons (Fsp3) is 0. The molecule has 10 rings (SSSR count). The molecule has 0 saturated heterocycles. The molecule has 5 heterocycles. The maximum absolute atomic E-state index is 5.17. The average Bonchev–Trinajstić information content (AvgIpc) is 3.69. The van der Waals surface area contributed by atoms with Gasteiger partial charge in [-0.1, -0.05) is 54.6 Å². The molecule has 0 fully saturated rings. The molecular formula is C36H21N4S+. The van der Waals surface area contributed by atoms with Crippen molar-refractivity contribution in [1.29, 1.82) is 0 Å². The second-order valence-electron chi connectivity index (χ2n) is 10.7. The molecule has 0 spiro atoms. The van der Waals surface area contributed by atoms with Crippen LogP contribution in [0.2, 0.25) is 0 Å². The Kier molecular flexibility index (Phi) is 4.04. The second kappa shape index (κ2) is 7.68. The first-order valence-electron chi connectivity index (χ1n) is 13.8. The van der Waals surface area contributed by atoms with Crippen LogP contribution in [0.15, 0.2) is 128 Å². The zero-order valence-corrected chi connectivity index (χ0v) is 22.6. The summed E-state index contributed by atoms with van der Waals surface area (Å²) in [6.45, 7) is 0. The summed E-state index contributed by atoms with van der Waals surface area (Å²) in [5.74, 6) is 0. The molecule has 10 aromatic rings. The number of fused-ring (bicyclic) bond motifs is 14. The van der Waals surface area contributed by atoms with Crippen LogP contribution in [-0.2, 0) is 0 Å². The van der Waals surface area contributed by atoms with Gasteiger partial charge >= 0.3 is 0 Å². The van der Waals surface area contributed by atoms with Crippen molar-refractivity contribution in [3.63, 3.8) is 0 Å². The molecule has 5 aromatic carbocycles. The van der Waals surface area contributed by atoms with Crippen molar-refractivity contribution >= 4 is 86.5 Å². The highest BCUT2D eigenvalue weighted by Gasteiger charge is 2.23. The van der Waals surface area contributed by atoms with Gasteiger partial charge in [0.2, 0.25) is 5.65 Å². The smallest absolute Gasteiger partial charge is 0.293 e. The van der Waals surface area contributed by atoms with E-state index in [0.29, 0.717) is 0 Å². The van der Waals surface area contributed by atoms with Gasteiger partial charge in [-0.15, -0.1) is 11.3 Å². The summed E-state index contributed by atoms with van der Waals surface area (Å²) in [7, 11) is 0. The summed E-state index contributed by atoms with van der Waals surface area (Å²) in [5, 5.41) is 6.27. The Morgan fingerprint density at radius 3 is 2.24 bits per heavy atom. The molecule has 0 bridgehead atoms. The maximum atomic E-state index is 5.17. The van der Waals surface area contributed by atoms with Gasteiger partial charge in [0.15, 0.2) is 5.52 Å². The third-order valence-corrected chi connectivity index (χ3v) is 9.66. The standard InChI is InChI=1S/C36H21N4S/c1-2-10-22(11-3-1)39-31-19-26-23-12-4-7-15-33(23)41-34(26)21-25(31)24-18-30-27(20-32(24)39)36-37-28-13-5-6-14-29(28)40(36)35-16-8-9-17-38(30)35/h1-21H/q+1. The third-order valence-electron chi connectivity index (χ3n) is 8.52. The number of thiophene rings is 1. The number of hydrogen-bond acceptors (Lipinski definition) is 2. The zero-order valence-electron chi connectivity index (χ0n) is 21.8. The van der Waals surface area contributed by atoms with E-state index in [4.69, 9.17) is 4.98 Å². The summed E-state index contributed by atoms with van der Waals surface area (Å²) in [6, 6.07) is 43.8. The number of rotatable bonds is 1. The van der Waals surface area contributed by atoms with E-state index in [2.05, 4.69) is 141 Å². The van der Waals surface area contributed by atoms with Gasteiger partial charge in [-0.2, -0.15) is 8.80 Å². The Balaban J connectivity index is 1.47. The molecule has 0 aliphatic heterocycles. The monoisotopic (exact) mass is 541 g/mol. The lowest BCUT2D eigenvalue weighted by Gasteiger charge is -2.08. The molecule has 0 saturated carbocycles. The van der Waals surface area contributed by atoms with Gasteiger partial charge in [0.1, 0.15) is 11.0 Å². The van der Waals surface area contributed by atoms with Crippen molar-refractivity contribution < 1.29 is 4.40 Å². The van der Waals surface area contributed by atoms with E-state index in [1.54, 1.807) is 0 Å². The third kappa shape index (κ3) is 2.78. The van der Waals surface area contributed by atoms with Crippen LogP contribution < -0.4 is 4.40 Å². The lowest BCUT2D eigenvalue weighted by molar-refractivity contribution is -0.484. The van der Waals surface area contributed by atoms with E-state index in [1.165, 1.54) is 42.0 Å². The number of nitrogens with zero attached hydrogens (tertiary/aromatic N) is 4. The van der Waals surface area contributed by atoms with Gasteiger partial charge in [-0.3, -0.25) is 0 Å². The molecule has 5 aromatic heterocycles. The normalized spacial score (nSPS) is 12.4. The predicted molar refractivity (Wildman–Crippen MR) is 171 cm³/mol. The summed E-state index contributed by atoms with van der Waals surface area (Å²) in [6.07, 6.45) is 2.16. The van der Waals surface area contributed by atoms with E-state index in [1.807, 2.05) is 11.3 Å². The molecule has 0 radical (unpaired) electrons. The highest BCUT2D eigenvalue weighted by molar-refractivity contribution is 7.25. The highest BCUT2D eigenvalue weighted by atomic mass is 32.1. The summed E-state index contributed by atoms with van der Waals surface area (Å²) in [5.41, 5.74) is 8.91. The summed E-state index contributed by atoms with van der Waals surface area (Å²) in [4.78, 5) is 5.17. The topological polar surface area (TPSA) is 26.3 Å². The molecule has 0 aliphatic rings. The van der Waals surface area contributed by atoms with Crippen LogP contribution in [0, 0.1) is 0 Å². The lowest BCUT2D eigenvalue weighted by atomic mass is 10.1. The number of benzene rings is 5. The minimum absolute atomic E-state index is 0.978. The molecule has 0 amide bonds. The van der Waals surface area contributed by atoms with E-state index in [0.717, 1.165) is 38.9 Å². The highest BCUT2D eigenvalue weighted by Crippen LogP contribution is 2.41. The van der Waals surface area contributed by atoms with Crippen molar-refractivity contribution in [2.75, 3.05) is 0 Å². The second-order valence-corrected chi connectivity index (χ2v) is 11.8. The number of hydrogen-bond donors (Lipinski definition) is 0. The summed E-state index contributed by atoms with van der Waals surface area (Å²) >= 11 is 1.87. The fourth-order valence-corrected chi connectivity index (χ4v) is 7.89. The predicted octanol–water partition coefficient (Wildman–Crippen LogP) is 8.84. The maximum Gasteiger partial charge on any atom is 0.293 e. The van der Waals surface area contributed by atoms with Crippen LogP contribution >= 0.6 is 11.3 Å². The van der Waals surface area contributed by atoms with Crippen LogP contribution in [-0.4, -0.2) is 14.0 Å². The van der Waals surface area contributed by atoms with Crippen LogP contribution in [0.3, 0.4) is 0 Å². The van der Waals surface area contributed by atoms with Gasteiger partial charge in [0.25, 0.3) is 5.65 Å². The molecule has 4 nitrogen and oxygen atoms in total. The molecule has 0 N–H and O–H groups in total. The number of para-hydroxylation sites is 3. The number of aromatic nitrogens is 4. The van der Waals surface area contributed by atoms with E-state index < -0.39 is 0 Å². The number of imidazole rings is 1. The van der Waals surface area contributed by atoms with Crippen LogP contribution in [0.1, 0.15) is 0 Å². The molecule has 41 heavy (non-hydrogen) atoms. The number of pyridine rings is 1. The van der Waals surface area contributed by atoms with Crippen LogP contribution in [0.4, 0.5) is 0 Å². The Hall–Kier alpha value is -5.26. The molecule has 5 heteroatoms. The SMILES string of the molecule is c1ccc(-n2c3cc4c(cc3c3cc5c(cc32)c2nc3ccccc3n2c2cccc[n+]52)sc2ccccc24)cc1. The molecule has 0 atom stereocenters. The van der Waals surface area contributed by atoms with E-state index >= 15 is 0 Å². The molecule has 190 valence electrons. The van der Waals surface area contributed by atoms with Gasteiger partial charge in [-0.05, 0) is 60.7 Å². The van der Waals surface area contributed by atoms with Gasteiger partial charge in [0.05, 0.1) is 22.6 Å². The fourth-order valence-electron chi connectivity index (χ4n) is 6.76. The van der Waals surface area contributed by atoms with E-state index in [9.17, 15) is 0 Å².